The van der Waals surface area contributed by atoms with Crippen molar-refractivity contribution in [3.05, 3.63) is 29.8 Å². The molecule has 0 aromatic heterocycles. The van der Waals surface area contributed by atoms with Gasteiger partial charge >= 0.3 is 0 Å². The van der Waals surface area contributed by atoms with E-state index >= 15 is 0 Å². The van der Waals surface area contributed by atoms with Crippen molar-refractivity contribution in [3.63, 3.8) is 0 Å². The van der Waals surface area contributed by atoms with Crippen LogP contribution in [0, 0.1) is 11.8 Å². The van der Waals surface area contributed by atoms with E-state index in [1.807, 2.05) is 0 Å². The largest absolute Gasteiger partial charge is 0.384 e. The molecular weight excluding hydrogens is 258 g/mol. The van der Waals surface area contributed by atoms with E-state index in [0.29, 0.717) is 24.1 Å². The van der Waals surface area contributed by atoms with Gasteiger partial charge in [-0.3, -0.25) is 9.59 Å². The lowest BCUT2D eigenvalue weighted by molar-refractivity contribution is -0.146. The Morgan fingerprint density at radius 2 is 1.85 bits per heavy atom. The average molecular weight is 271 g/mol. The number of hydrogen-bond donors (Lipinski definition) is 1. The molecule has 1 aromatic carbocycles. The third-order valence-corrected chi connectivity index (χ3v) is 3.46. The molecule has 1 aromatic rings. The standard InChI is InChI=1S/C15H13NO4/c17-9-3-5-10-4-1-2-6-11(10)16-14(18)12-7-8-13(20-12)15(16)19/h1-2,4,6,12-13,17H,7-9H2. The van der Waals surface area contributed by atoms with Crippen molar-refractivity contribution in [2.24, 2.45) is 0 Å². The van der Waals surface area contributed by atoms with Gasteiger partial charge in [0.15, 0.2) is 0 Å². The Kier molecular flexibility index (Phi) is 3.26. The summed E-state index contributed by atoms with van der Waals surface area (Å²) in [5, 5.41) is 8.79. The molecule has 2 heterocycles. The molecule has 0 saturated carbocycles. The normalized spacial score (nSPS) is 24.6. The molecule has 2 atom stereocenters. The predicted molar refractivity (Wildman–Crippen MR) is 70.8 cm³/mol. The number of anilines is 1. The van der Waals surface area contributed by atoms with Gasteiger partial charge in [-0.1, -0.05) is 24.0 Å². The zero-order valence-corrected chi connectivity index (χ0v) is 10.7. The van der Waals surface area contributed by atoms with E-state index in [0.717, 1.165) is 0 Å². The molecule has 0 radical (unpaired) electrons. The van der Waals surface area contributed by atoms with Gasteiger partial charge in [-0.15, -0.1) is 0 Å². The van der Waals surface area contributed by atoms with E-state index in [9.17, 15) is 9.59 Å². The number of rotatable bonds is 1. The summed E-state index contributed by atoms with van der Waals surface area (Å²) in [6.45, 7) is -0.273. The van der Waals surface area contributed by atoms with Crippen LogP contribution in [0.3, 0.4) is 0 Å². The molecule has 0 spiro atoms. The van der Waals surface area contributed by atoms with Crippen molar-refractivity contribution >= 4 is 17.5 Å². The van der Waals surface area contributed by atoms with Gasteiger partial charge in [0.2, 0.25) is 0 Å². The number of carbonyl (C=O) groups excluding carboxylic acids is 2. The molecule has 3 rings (SSSR count). The average Bonchev–Trinajstić information content (AvgIpc) is 2.91. The summed E-state index contributed by atoms with van der Waals surface area (Å²) in [5.41, 5.74) is 1.01. The quantitative estimate of drug-likeness (QED) is 0.595. The molecule has 5 nitrogen and oxygen atoms in total. The third-order valence-electron chi connectivity index (χ3n) is 3.46. The van der Waals surface area contributed by atoms with Gasteiger partial charge in [-0.25, -0.2) is 4.90 Å². The molecule has 1 N–H and O–H groups in total. The van der Waals surface area contributed by atoms with Crippen LogP contribution >= 0.6 is 0 Å². The van der Waals surface area contributed by atoms with Crippen molar-refractivity contribution < 1.29 is 19.4 Å². The topological polar surface area (TPSA) is 66.8 Å². The van der Waals surface area contributed by atoms with E-state index in [4.69, 9.17) is 9.84 Å². The fourth-order valence-corrected chi connectivity index (χ4v) is 2.54. The van der Waals surface area contributed by atoms with E-state index in [2.05, 4.69) is 11.8 Å². The number of benzene rings is 1. The first-order valence-electron chi connectivity index (χ1n) is 6.44. The van der Waals surface area contributed by atoms with Gasteiger partial charge in [0.25, 0.3) is 11.8 Å². The Labute approximate surface area is 116 Å². The summed E-state index contributed by atoms with van der Waals surface area (Å²) in [5.74, 6) is 4.64. The fourth-order valence-electron chi connectivity index (χ4n) is 2.54. The Hall–Kier alpha value is -2.16. The SMILES string of the molecule is O=C1C2CCC(O2)C(=O)N1c1ccccc1C#CCO. The molecule has 2 amide bonds. The Balaban J connectivity index is 2.04. The number of ether oxygens (including phenoxy) is 1. The number of para-hydroxylation sites is 1. The number of fused-ring (bicyclic) bond motifs is 2. The number of nitrogens with zero attached hydrogens (tertiary/aromatic N) is 1. The lowest BCUT2D eigenvalue weighted by Gasteiger charge is -2.30. The fraction of sp³-hybridized carbons (Fsp3) is 0.333. The molecule has 2 bridgehead atoms. The first kappa shape index (κ1) is 12.9. The number of aliphatic hydroxyl groups excluding tert-OH is 1. The second-order valence-corrected chi connectivity index (χ2v) is 4.68. The lowest BCUT2D eigenvalue weighted by Crippen LogP contribution is -2.52. The van der Waals surface area contributed by atoms with Gasteiger partial charge in [-0.2, -0.15) is 0 Å². The van der Waals surface area contributed by atoms with Crippen LogP contribution in [0.1, 0.15) is 18.4 Å². The minimum Gasteiger partial charge on any atom is -0.384 e. The minimum atomic E-state index is -0.531. The highest BCUT2D eigenvalue weighted by Crippen LogP contribution is 2.32. The van der Waals surface area contributed by atoms with Gasteiger partial charge in [0, 0.05) is 5.56 Å². The highest BCUT2D eigenvalue weighted by Gasteiger charge is 2.47. The van der Waals surface area contributed by atoms with Crippen LogP contribution in [-0.2, 0) is 14.3 Å². The zero-order chi connectivity index (χ0) is 14.1. The number of amides is 2. The van der Waals surface area contributed by atoms with Gasteiger partial charge < -0.3 is 9.84 Å². The second-order valence-electron chi connectivity index (χ2n) is 4.68. The highest BCUT2D eigenvalue weighted by molar-refractivity contribution is 6.20. The Morgan fingerprint density at radius 1 is 1.20 bits per heavy atom. The lowest BCUT2D eigenvalue weighted by atomic mass is 10.1. The van der Waals surface area contributed by atoms with Crippen LogP contribution in [0.15, 0.2) is 24.3 Å². The van der Waals surface area contributed by atoms with Gasteiger partial charge in [-0.05, 0) is 25.0 Å². The molecule has 2 aliphatic rings. The number of carbonyl (C=O) groups is 2. The summed E-state index contributed by atoms with van der Waals surface area (Å²) >= 11 is 0. The minimum absolute atomic E-state index is 0.273. The van der Waals surface area contributed by atoms with Crippen LogP contribution in [-0.4, -0.2) is 35.7 Å². The van der Waals surface area contributed by atoms with Crippen LogP contribution in [0.4, 0.5) is 5.69 Å². The predicted octanol–water partition coefficient (Wildman–Crippen LogP) is 0.451. The highest BCUT2D eigenvalue weighted by atomic mass is 16.5. The second kappa shape index (κ2) is 5.08. The molecule has 5 heteroatoms. The van der Waals surface area contributed by atoms with Crippen molar-refractivity contribution in [1.29, 1.82) is 0 Å². The van der Waals surface area contributed by atoms with Gasteiger partial charge in [0.05, 0.1) is 5.69 Å². The maximum atomic E-state index is 12.3. The summed E-state index contributed by atoms with van der Waals surface area (Å²) in [6.07, 6.45) is 0.0972. The number of imide groups is 1. The van der Waals surface area contributed by atoms with E-state index in [1.54, 1.807) is 24.3 Å². The van der Waals surface area contributed by atoms with Gasteiger partial charge in [0.1, 0.15) is 18.8 Å². The molecule has 2 fully saturated rings. The number of hydrogen-bond acceptors (Lipinski definition) is 4. The molecule has 20 heavy (non-hydrogen) atoms. The van der Waals surface area contributed by atoms with E-state index < -0.39 is 12.2 Å². The van der Waals surface area contributed by atoms with Crippen molar-refractivity contribution in [2.75, 3.05) is 11.5 Å². The Bertz CT molecular complexity index is 606. The first-order chi connectivity index (χ1) is 9.72. The molecule has 2 aliphatic heterocycles. The molecule has 0 aliphatic carbocycles. The summed E-state index contributed by atoms with van der Waals surface area (Å²) < 4.78 is 5.38. The molecule has 102 valence electrons. The van der Waals surface area contributed by atoms with Crippen molar-refractivity contribution in [1.82, 2.24) is 0 Å². The maximum absolute atomic E-state index is 12.3. The van der Waals surface area contributed by atoms with Crippen LogP contribution in [0.5, 0.6) is 0 Å². The zero-order valence-electron chi connectivity index (χ0n) is 10.7. The van der Waals surface area contributed by atoms with E-state index in [-0.39, 0.29) is 18.4 Å². The van der Waals surface area contributed by atoms with Crippen LogP contribution in [0.2, 0.25) is 0 Å². The summed E-state index contributed by atoms with van der Waals surface area (Å²) in [7, 11) is 0. The number of aliphatic hydroxyl groups is 1. The monoisotopic (exact) mass is 271 g/mol. The van der Waals surface area contributed by atoms with Crippen molar-refractivity contribution in [3.8, 4) is 11.8 Å². The third kappa shape index (κ3) is 1.99. The maximum Gasteiger partial charge on any atom is 0.263 e. The van der Waals surface area contributed by atoms with Crippen molar-refractivity contribution in [2.45, 2.75) is 25.0 Å². The smallest absolute Gasteiger partial charge is 0.263 e. The first-order valence-corrected chi connectivity index (χ1v) is 6.44. The molecule has 2 unspecified atom stereocenters. The number of morpholine rings is 1. The Morgan fingerprint density at radius 3 is 2.50 bits per heavy atom. The van der Waals surface area contributed by atoms with Crippen LogP contribution < -0.4 is 4.90 Å². The molecular formula is C15H13NO4. The summed E-state index contributed by atoms with van der Waals surface area (Å²) in [6, 6.07) is 6.92. The van der Waals surface area contributed by atoms with E-state index in [1.165, 1.54) is 4.90 Å². The van der Waals surface area contributed by atoms with Crippen LogP contribution in [0.25, 0.3) is 0 Å². The molecule has 2 saturated heterocycles. The summed E-state index contributed by atoms with van der Waals surface area (Å²) in [4.78, 5) is 25.8.